The van der Waals surface area contributed by atoms with Crippen LogP contribution < -0.4 is 15.0 Å². The number of urea groups is 1. The SMILES string of the molecule is COc1ccc([C@@H]2[C@@H](CC[C@H](O)c3ccc(F)cc3)NC(=O)N2c2ccc(F)cc2)c(O)c1. The number of carbonyl (C=O) groups is 1. The largest absolute Gasteiger partial charge is 0.507 e. The molecular formula is C25H24F2N2O4. The van der Waals surface area contributed by atoms with Crippen LogP contribution in [0.2, 0.25) is 0 Å². The molecule has 1 saturated heterocycles. The van der Waals surface area contributed by atoms with E-state index >= 15 is 0 Å². The van der Waals surface area contributed by atoms with E-state index in [2.05, 4.69) is 5.32 Å². The molecule has 172 valence electrons. The van der Waals surface area contributed by atoms with E-state index in [0.717, 1.165) is 0 Å². The third-order valence-electron chi connectivity index (χ3n) is 5.85. The fourth-order valence-electron chi connectivity index (χ4n) is 4.17. The number of aromatic hydroxyl groups is 1. The summed E-state index contributed by atoms with van der Waals surface area (Å²) < 4.78 is 31.8. The lowest BCUT2D eigenvalue weighted by atomic mass is 9.92. The number of nitrogens with one attached hydrogen (secondary N) is 1. The van der Waals surface area contributed by atoms with Crippen LogP contribution in [-0.2, 0) is 0 Å². The summed E-state index contributed by atoms with van der Waals surface area (Å²) >= 11 is 0. The van der Waals surface area contributed by atoms with Gasteiger partial charge in [-0.15, -0.1) is 0 Å². The molecule has 0 aromatic heterocycles. The van der Waals surface area contributed by atoms with Crippen molar-refractivity contribution in [2.24, 2.45) is 0 Å². The Bertz CT molecular complexity index is 1120. The minimum absolute atomic E-state index is 0.0490. The van der Waals surface area contributed by atoms with Crippen molar-refractivity contribution in [1.29, 1.82) is 0 Å². The van der Waals surface area contributed by atoms with Crippen molar-refractivity contribution in [3.8, 4) is 11.5 Å². The molecule has 4 rings (SSSR count). The number of aliphatic hydroxyl groups excluding tert-OH is 1. The molecule has 2 amide bonds. The first-order valence-corrected chi connectivity index (χ1v) is 10.5. The summed E-state index contributed by atoms with van der Waals surface area (Å²) in [5.41, 5.74) is 1.52. The Labute approximate surface area is 190 Å². The zero-order chi connectivity index (χ0) is 23.5. The van der Waals surface area contributed by atoms with Crippen molar-refractivity contribution in [3.63, 3.8) is 0 Å². The summed E-state index contributed by atoms with van der Waals surface area (Å²) in [5, 5.41) is 24.2. The van der Waals surface area contributed by atoms with Gasteiger partial charge in [0.05, 0.1) is 25.3 Å². The molecule has 0 unspecified atom stereocenters. The molecule has 1 fully saturated rings. The highest BCUT2D eigenvalue weighted by Gasteiger charge is 2.42. The Hall–Kier alpha value is -3.65. The third kappa shape index (κ3) is 4.75. The van der Waals surface area contributed by atoms with Crippen molar-refractivity contribution in [3.05, 3.63) is 89.5 Å². The van der Waals surface area contributed by atoms with Gasteiger partial charge >= 0.3 is 6.03 Å². The number of phenols is 1. The molecule has 3 N–H and O–H groups in total. The number of amides is 2. The molecule has 33 heavy (non-hydrogen) atoms. The lowest BCUT2D eigenvalue weighted by Crippen LogP contribution is -2.29. The fourth-order valence-corrected chi connectivity index (χ4v) is 4.17. The number of rotatable bonds is 7. The quantitative estimate of drug-likeness (QED) is 0.478. The van der Waals surface area contributed by atoms with E-state index in [1.54, 1.807) is 12.1 Å². The van der Waals surface area contributed by atoms with Crippen LogP contribution in [0.15, 0.2) is 66.7 Å². The van der Waals surface area contributed by atoms with Gasteiger partial charge in [-0.25, -0.2) is 13.6 Å². The Morgan fingerprint density at radius 1 is 1.03 bits per heavy atom. The molecule has 0 bridgehead atoms. The number of hydrogen-bond acceptors (Lipinski definition) is 4. The second-order valence-corrected chi connectivity index (χ2v) is 7.92. The normalized spacial score (nSPS) is 18.8. The molecule has 0 radical (unpaired) electrons. The van der Waals surface area contributed by atoms with Gasteiger partial charge in [-0.1, -0.05) is 12.1 Å². The Kier molecular flexibility index (Phi) is 6.46. The molecule has 0 aliphatic carbocycles. The monoisotopic (exact) mass is 454 g/mol. The van der Waals surface area contributed by atoms with Gasteiger partial charge in [-0.05, 0) is 66.9 Å². The molecule has 0 saturated carbocycles. The smallest absolute Gasteiger partial charge is 0.322 e. The van der Waals surface area contributed by atoms with E-state index < -0.39 is 30.0 Å². The minimum atomic E-state index is -0.854. The van der Waals surface area contributed by atoms with Gasteiger partial charge in [0, 0.05) is 17.3 Å². The number of carbonyl (C=O) groups excluding carboxylic acids is 1. The van der Waals surface area contributed by atoms with Crippen LogP contribution in [0.25, 0.3) is 0 Å². The number of phenolic OH excluding ortho intramolecular Hbond substituents is 1. The molecule has 3 aromatic rings. The Morgan fingerprint density at radius 3 is 2.27 bits per heavy atom. The number of hydrogen-bond donors (Lipinski definition) is 3. The molecule has 1 aliphatic rings. The lowest BCUT2D eigenvalue weighted by Gasteiger charge is -2.28. The topological polar surface area (TPSA) is 82.0 Å². The zero-order valence-corrected chi connectivity index (χ0v) is 17.9. The van der Waals surface area contributed by atoms with E-state index in [-0.39, 0.29) is 11.6 Å². The molecule has 1 aliphatic heterocycles. The van der Waals surface area contributed by atoms with Gasteiger partial charge in [0.2, 0.25) is 0 Å². The third-order valence-corrected chi connectivity index (χ3v) is 5.85. The highest BCUT2D eigenvalue weighted by molar-refractivity contribution is 5.96. The van der Waals surface area contributed by atoms with Crippen LogP contribution in [0, 0.1) is 11.6 Å². The van der Waals surface area contributed by atoms with E-state index in [4.69, 9.17) is 4.74 Å². The first-order valence-electron chi connectivity index (χ1n) is 10.5. The van der Waals surface area contributed by atoms with Gasteiger partial charge < -0.3 is 20.3 Å². The van der Waals surface area contributed by atoms with Crippen LogP contribution in [0.1, 0.15) is 36.1 Å². The van der Waals surface area contributed by atoms with Crippen molar-refractivity contribution < 1.29 is 28.5 Å². The molecular weight excluding hydrogens is 430 g/mol. The highest BCUT2D eigenvalue weighted by Crippen LogP contribution is 2.41. The summed E-state index contributed by atoms with van der Waals surface area (Å²) in [4.78, 5) is 14.4. The van der Waals surface area contributed by atoms with Crippen molar-refractivity contribution >= 4 is 11.7 Å². The van der Waals surface area contributed by atoms with Crippen molar-refractivity contribution in [1.82, 2.24) is 5.32 Å². The van der Waals surface area contributed by atoms with Crippen LogP contribution >= 0.6 is 0 Å². The van der Waals surface area contributed by atoms with Crippen LogP contribution in [0.5, 0.6) is 11.5 Å². The summed E-state index contributed by atoms with van der Waals surface area (Å²) in [6, 6.07) is 14.5. The summed E-state index contributed by atoms with van der Waals surface area (Å²) in [7, 11) is 1.49. The standard InChI is InChI=1S/C25H24F2N2O4/c1-33-19-10-11-20(23(31)14-19)24-21(12-13-22(30)15-2-4-16(26)5-3-15)28-25(32)29(24)18-8-6-17(27)7-9-18/h2-11,14,21-22,24,30-31H,12-13H2,1H3,(H,28,32)/t21-,22+,24-/m1/s1. The van der Waals surface area contributed by atoms with Gasteiger partial charge in [0.15, 0.2) is 0 Å². The molecule has 6 nitrogen and oxygen atoms in total. The van der Waals surface area contributed by atoms with Gasteiger partial charge in [-0.2, -0.15) is 0 Å². The summed E-state index contributed by atoms with van der Waals surface area (Å²) in [6.07, 6.45) is -0.188. The maximum atomic E-state index is 13.5. The summed E-state index contributed by atoms with van der Waals surface area (Å²) in [5.74, 6) is -0.405. The maximum absolute atomic E-state index is 13.5. The van der Waals surface area contributed by atoms with Gasteiger partial charge in [-0.3, -0.25) is 4.90 Å². The molecule has 3 aromatic carbocycles. The van der Waals surface area contributed by atoms with E-state index in [1.807, 2.05) is 0 Å². The number of nitrogens with zero attached hydrogens (tertiary/aromatic N) is 1. The average Bonchev–Trinajstić information content (AvgIpc) is 3.14. The summed E-state index contributed by atoms with van der Waals surface area (Å²) in [6.45, 7) is 0. The van der Waals surface area contributed by atoms with Crippen LogP contribution in [0.3, 0.4) is 0 Å². The molecule has 3 atom stereocenters. The fraction of sp³-hybridized carbons (Fsp3) is 0.240. The number of methoxy groups -OCH3 is 1. The van der Waals surface area contributed by atoms with Crippen molar-refractivity contribution in [2.75, 3.05) is 12.0 Å². The van der Waals surface area contributed by atoms with Crippen molar-refractivity contribution in [2.45, 2.75) is 31.0 Å². The Balaban J connectivity index is 1.64. The first kappa shape index (κ1) is 22.5. The second kappa shape index (κ2) is 9.46. The Morgan fingerprint density at radius 2 is 1.67 bits per heavy atom. The zero-order valence-electron chi connectivity index (χ0n) is 17.9. The van der Waals surface area contributed by atoms with Crippen LogP contribution in [0.4, 0.5) is 19.3 Å². The van der Waals surface area contributed by atoms with Crippen LogP contribution in [-0.4, -0.2) is 29.4 Å². The predicted octanol–water partition coefficient (Wildman–Crippen LogP) is 4.83. The second-order valence-electron chi connectivity index (χ2n) is 7.92. The van der Waals surface area contributed by atoms with E-state index in [9.17, 15) is 23.8 Å². The van der Waals surface area contributed by atoms with Gasteiger partial charge in [0.1, 0.15) is 23.1 Å². The minimum Gasteiger partial charge on any atom is -0.507 e. The lowest BCUT2D eigenvalue weighted by molar-refractivity contribution is 0.159. The van der Waals surface area contributed by atoms with E-state index in [1.165, 1.54) is 66.6 Å². The number of anilines is 1. The van der Waals surface area contributed by atoms with E-state index in [0.29, 0.717) is 35.4 Å². The number of halogens is 2. The average molecular weight is 454 g/mol. The maximum Gasteiger partial charge on any atom is 0.322 e. The molecule has 8 heteroatoms. The highest BCUT2D eigenvalue weighted by atomic mass is 19.1. The predicted molar refractivity (Wildman–Crippen MR) is 119 cm³/mol. The molecule has 1 heterocycles. The molecule has 0 spiro atoms. The number of ether oxygens (including phenoxy) is 1. The number of aliphatic hydroxyl groups is 1. The first-order chi connectivity index (χ1) is 15.9. The van der Waals surface area contributed by atoms with Gasteiger partial charge in [0.25, 0.3) is 0 Å². The number of benzene rings is 3.